The molecule has 0 atom stereocenters. The number of aromatic nitrogens is 1. The summed E-state index contributed by atoms with van der Waals surface area (Å²) >= 11 is 3.11. The number of ether oxygens (including phenoxy) is 1. The molecule has 1 heterocycles. The van der Waals surface area contributed by atoms with Crippen molar-refractivity contribution in [1.82, 2.24) is 4.98 Å². The van der Waals surface area contributed by atoms with Crippen LogP contribution in [0.15, 0.2) is 34.8 Å². The minimum absolute atomic E-state index is 0.340. The summed E-state index contributed by atoms with van der Waals surface area (Å²) in [6.07, 6.45) is 0.872. The zero-order chi connectivity index (χ0) is 14.5. The highest BCUT2D eigenvalue weighted by Gasteiger charge is 2.06. The molecule has 0 bridgehead atoms. The van der Waals surface area contributed by atoms with Gasteiger partial charge >= 0.3 is 0 Å². The third-order valence-electron chi connectivity index (χ3n) is 2.52. The van der Waals surface area contributed by atoms with Gasteiger partial charge in [-0.2, -0.15) is 4.98 Å². The van der Waals surface area contributed by atoms with Gasteiger partial charge in [0.1, 0.15) is 11.6 Å². The van der Waals surface area contributed by atoms with Crippen LogP contribution in [-0.2, 0) is 0 Å². The highest BCUT2D eigenvalue weighted by atomic mass is 79.9. The third-order valence-corrected chi connectivity index (χ3v) is 3.17. The van der Waals surface area contributed by atoms with Crippen molar-refractivity contribution in [2.75, 3.05) is 17.7 Å². The van der Waals surface area contributed by atoms with E-state index in [-0.39, 0.29) is 5.82 Å². The molecule has 0 spiro atoms. The Labute approximate surface area is 125 Å². The van der Waals surface area contributed by atoms with Crippen LogP contribution in [0.1, 0.15) is 13.3 Å². The monoisotopic (exact) mass is 339 g/mol. The van der Waals surface area contributed by atoms with E-state index in [2.05, 4.69) is 26.2 Å². The number of hydrogen-bond acceptors (Lipinski definition) is 4. The lowest BCUT2D eigenvalue weighted by Gasteiger charge is -2.10. The van der Waals surface area contributed by atoms with E-state index < -0.39 is 0 Å². The van der Waals surface area contributed by atoms with Crippen LogP contribution in [-0.4, -0.2) is 11.6 Å². The van der Waals surface area contributed by atoms with Crippen molar-refractivity contribution in [2.45, 2.75) is 13.3 Å². The van der Waals surface area contributed by atoms with E-state index in [4.69, 9.17) is 10.5 Å². The molecule has 3 N–H and O–H groups in total. The van der Waals surface area contributed by atoms with Crippen LogP contribution < -0.4 is 15.8 Å². The Hall–Kier alpha value is -1.82. The summed E-state index contributed by atoms with van der Waals surface area (Å²) in [5.74, 6) is 0.592. The van der Waals surface area contributed by atoms with Crippen LogP contribution in [0, 0.1) is 5.82 Å². The fourth-order valence-electron chi connectivity index (χ4n) is 1.56. The zero-order valence-electron chi connectivity index (χ0n) is 11.0. The van der Waals surface area contributed by atoms with Gasteiger partial charge in [-0.3, -0.25) is 0 Å². The van der Waals surface area contributed by atoms with E-state index in [0.717, 1.165) is 6.42 Å². The predicted octanol–water partition coefficient (Wildman–Crippen LogP) is 4.10. The normalized spacial score (nSPS) is 10.3. The van der Waals surface area contributed by atoms with Gasteiger partial charge in [0.05, 0.1) is 16.8 Å². The topological polar surface area (TPSA) is 60.2 Å². The van der Waals surface area contributed by atoms with E-state index in [9.17, 15) is 4.39 Å². The van der Waals surface area contributed by atoms with Gasteiger partial charge in [0.2, 0.25) is 5.88 Å². The lowest BCUT2D eigenvalue weighted by molar-refractivity contribution is 0.307. The molecule has 0 unspecified atom stereocenters. The van der Waals surface area contributed by atoms with E-state index >= 15 is 0 Å². The van der Waals surface area contributed by atoms with Crippen molar-refractivity contribution in [3.8, 4) is 5.88 Å². The van der Waals surface area contributed by atoms with Gasteiger partial charge in [-0.1, -0.05) is 6.92 Å². The van der Waals surface area contributed by atoms with Crippen LogP contribution in [0.3, 0.4) is 0 Å². The number of nitrogens with zero attached hydrogens (tertiary/aromatic N) is 1. The Bertz CT molecular complexity index is 607. The molecule has 2 rings (SSSR count). The molecule has 6 heteroatoms. The number of rotatable bonds is 5. The second kappa shape index (κ2) is 6.56. The number of nitrogen functional groups attached to an aromatic ring is 1. The second-order valence-corrected chi connectivity index (χ2v) is 5.05. The number of anilines is 3. The summed E-state index contributed by atoms with van der Waals surface area (Å²) < 4.78 is 19.3. The van der Waals surface area contributed by atoms with Crippen LogP contribution in [0.4, 0.5) is 21.6 Å². The molecule has 0 aliphatic carbocycles. The molecule has 0 radical (unpaired) electrons. The maximum absolute atomic E-state index is 13.4. The summed E-state index contributed by atoms with van der Waals surface area (Å²) in [6.45, 7) is 2.55. The number of pyridine rings is 1. The van der Waals surface area contributed by atoms with Crippen LogP contribution in [0.5, 0.6) is 5.88 Å². The first kappa shape index (κ1) is 14.6. The third kappa shape index (κ3) is 3.60. The van der Waals surface area contributed by atoms with Crippen molar-refractivity contribution in [3.63, 3.8) is 0 Å². The first-order valence-corrected chi connectivity index (χ1v) is 7.01. The summed E-state index contributed by atoms with van der Waals surface area (Å²) in [4.78, 5) is 4.26. The second-order valence-electron chi connectivity index (χ2n) is 4.19. The number of nitrogens with two attached hydrogens (primary N) is 1. The fraction of sp³-hybridized carbons (Fsp3) is 0.214. The highest BCUT2D eigenvalue weighted by Crippen LogP contribution is 2.25. The van der Waals surface area contributed by atoms with Gasteiger partial charge in [0.25, 0.3) is 0 Å². The molecular formula is C14H15BrFN3O. The van der Waals surface area contributed by atoms with Gasteiger partial charge in [-0.05, 0) is 52.7 Å². The lowest BCUT2D eigenvalue weighted by Crippen LogP contribution is -2.03. The standard InChI is InChI=1S/C14H15BrFN3O/c1-2-7-20-14-12(17)5-6-13(19-14)18-9-3-4-10(15)11(16)8-9/h3-6,8H,2,7,17H2,1H3,(H,18,19). The first-order valence-electron chi connectivity index (χ1n) is 6.21. The van der Waals surface area contributed by atoms with Gasteiger partial charge in [0.15, 0.2) is 0 Å². The minimum atomic E-state index is -0.340. The highest BCUT2D eigenvalue weighted by molar-refractivity contribution is 9.10. The van der Waals surface area contributed by atoms with Crippen LogP contribution >= 0.6 is 15.9 Å². The van der Waals surface area contributed by atoms with Gasteiger partial charge in [-0.15, -0.1) is 0 Å². The molecule has 0 aliphatic heterocycles. The molecular weight excluding hydrogens is 325 g/mol. The molecule has 0 saturated heterocycles. The Morgan fingerprint density at radius 3 is 2.85 bits per heavy atom. The number of halogens is 2. The molecule has 0 amide bonds. The fourth-order valence-corrected chi connectivity index (χ4v) is 1.80. The number of benzene rings is 1. The largest absolute Gasteiger partial charge is 0.476 e. The molecule has 1 aromatic carbocycles. The Morgan fingerprint density at radius 2 is 2.15 bits per heavy atom. The van der Waals surface area contributed by atoms with Crippen LogP contribution in [0.2, 0.25) is 0 Å². The summed E-state index contributed by atoms with van der Waals surface area (Å²) in [5.41, 5.74) is 6.87. The summed E-state index contributed by atoms with van der Waals surface area (Å²) in [5, 5.41) is 3.01. The predicted molar refractivity (Wildman–Crippen MR) is 81.8 cm³/mol. The van der Waals surface area contributed by atoms with Gasteiger partial charge in [-0.25, -0.2) is 4.39 Å². The maximum atomic E-state index is 13.4. The Kier molecular flexibility index (Phi) is 4.79. The van der Waals surface area contributed by atoms with E-state index in [0.29, 0.717) is 34.2 Å². The Balaban J connectivity index is 2.18. The van der Waals surface area contributed by atoms with Crippen LogP contribution in [0.25, 0.3) is 0 Å². The van der Waals surface area contributed by atoms with Gasteiger partial charge in [0, 0.05) is 5.69 Å². The number of nitrogens with one attached hydrogen (secondary N) is 1. The SMILES string of the molecule is CCCOc1nc(Nc2ccc(Br)c(F)c2)ccc1N. The van der Waals surface area contributed by atoms with Crippen molar-refractivity contribution >= 4 is 33.1 Å². The smallest absolute Gasteiger partial charge is 0.239 e. The molecule has 20 heavy (non-hydrogen) atoms. The summed E-state index contributed by atoms with van der Waals surface area (Å²) in [7, 11) is 0. The molecule has 0 saturated carbocycles. The first-order chi connectivity index (χ1) is 9.60. The van der Waals surface area contributed by atoms with E-state index in [1.807, 2.05) is 6.92 Å². The van der Waals surface area contributed by atoms with Crippen molar-refractivity contribution < 1.29 is 9.13 Å². The molecule has 106 valence electrons. The molecule has 2 aromatic rings. The van der Waals surface area contributed by atoms with Crippen molar-refractivity contribution in [1.29, 1.82) is 0 Å². The average Bonchev–Trinajstić information content (AvgIpc) is 2.43. The quantitative estimate of drug-likeness (QED) is 0.860. The van der Waals surface area contributed by atoms with Crippen molar-refractivity contribution in [3.05, 3.63) is 40.6 Å². The zero-order valence-corrected chi connectivity index (χ0v) is 12.6. The Morgan fingerprint density at radius 1 is 1.35 bits per heavy atom. The molecule has 0 aliphatic rings. The molecule has 0 fully saturated rings. The number of hydrogen-bond donors (Lipinski definition) is 2. The molecule has 1 aromatic heterocycles. The minimum Gasteiger partial charge on any atom is -0.476 e. The average molecular weight is 340 g/mol. The van der Waals surface area contributed by atoms with E-state index in [1.54, 1.807) is 24.3 Å². The van der Waals surface area contributed by atoms with E-state index in [1.165, 1.54) is 6.07 Å². The molecule has 4 nitrogen and oxygen atoms in total. The van der Waals surface area contributed by atoms with Gasteiger partial charge < -0.3 is 15.8 Å². The lowest BCUT2D eigenvalue weighted by atomic mass is 10.3. The summed E-state index contributed by atoms with van der Waals surface area (Å²) in [6, 6.07) is 8.18. The maximum Gasteiger partial charge on any atom is 0.239 e. The van der Waals surface area contributed by atoms with Crippen molar-refractivity contribution in [2.24, 2.45) is 0 Å².